The Morgan fingerprint density at radius 3 is 2.27 bits per heavy atom. The van der Waals surface area contributed by atoms with E-state index < -0.39 is 10.8 Å². The van der Waals surface area contributed by atoms with E-state index in [4.69, 9.17) is 0 Å². The summed E-state index contributed by atoms with van der Waals surface area (Å²) in [4.78, 5) is 35.8. The highest BCUT2D eigenvalue weighted by Gasteiger charge is 2.17. The van der Waals surface area contributed by atoms with Gasteiger partial charge in [0.2, 0.25) is 5.13 Å². The van der Waals surface area contributed by atoms with E-state index in [9.17, 15) is 19.7 Å². The minimum absolute atomic E-state index is 0.0268. The zero-order chi connectivity index (χ0) is 23.4. The van der Waals surface area contributed by atoms with Crippen molar-refractivity contribution >= 4 is 39.7 Å². The van der Waals surface area contributed by atoms with Gasteiger partial charge in [-0.3, -0.25) is 25.0 Å². The molecule has 0 spiro atoms. The summed E-state index contributed by atoms with van der Waals surface area (Å²) in [7, 11) is 0. The van der Waals surface area contributed by atoms with Crippen molar-refractivity contribution in [2.24, 2.45) is 0 Å². The normalized spacial score (nSPS) is 10.5. The third-order valence-corrected chi connectivity index (χ3v) is 5.59. The van der Waals surface area contributed by atoms with Gasteiger partial charge in [-0.1, -0.05) is 41.2 Å². The maximum absolute atomic E-state index is 12.9. The number of amides is 2. The fourth-order valence-corrected chi connectivity index (χ4v) is 3.71. The largest absolute Gasteiger partial charge is 0.321 e. The number of hydrogen-bond acceptors (Lipinski definition) is 7. The summed E-state index contributed by atoms with van der Waals surface area (Å²) in [6.45, 7) is 1.93. The Hall–Kier alpha value is -4.44. The predicted molar refractivity (Wildman–Crippen MR) is 126 cm³/mol. The molecule has 10 heteroatoms. The van der Waals surface area contributed by atoms with Crippen LogP contribution >= 0.6 is 11.3 Å². The summed E-state index contributed by atoms with van der Waals surface area (Å²) in [6, 6.07) is 19.7. The minimum atomic E-state index is -0.482. The van der Waals surface area contributed by atoms with Crippen molar-refractivity contribution in [2.75, 3.05) is 10.6 Å². The number of nitro groups is 1. The van der Waals surface area contributed by atoms with Crippen LogP contribution in [0.5, 0.6) is 0 Å². The molecule has 0 aliphatic carbocycles. The molecule has 0 atom stereocenters. The van der Waals surface area contributed by atoms with Crippen LogP contribution in [0.25, 0.3) is 10.6 Å². The molecule has 9 nitrogen and oxygen atoms in total. The number of nitrogens with one attached hydrogen (secondary N) is 2. The first kappa shape index (κ1) is 21.8. The Balaban J connectivity index is 1.49. The Labute approximate surface area is 192 Å². The molecule has 0 saturated carbocycles. The fourth-order valence-electron chi connectivity index (χ4n) is 2.97. The first-order valence-corrected chi connectivity index (χ1v) is 10.6. The number of anilines is 2. The van der Waals surface area contributed by atoms with Gasteiger partial charge in [-0.15, -0.1) is 10.2 Å². The van der Waals surface area contributed by atoms with Crippen LogP contribution in [0.2, 0.25) is 0 Å². The van der Waals surface area contributed by atoms with E-state index in [-0.39, 0.29) is 22.3 Å². The lowest BCUT2D eigenvalue weighted by molar-refractivity contribution is -0.384. The Bertz CT molecular complexity index is 1330. The molecule has 2 amide bonds. The van der Waals surface area contributed by atoms with E-state index in [2.05, 4.69) is 20.8 Å². The van der Waals surface area contributed by atoms with Crippen LogP contribution in [0.1, 0.15) is 26.3 Å². The first-order valence-electron chi connectivity index (χ1n) is 9.77. The predicted octanol–water partition coefficient (Wildman–Crippen LogP) is 4.93. The zero-order valence-corrected chi connectivity index (χ0v) is 18.1. The quantitative estimate of drug-likeness (QED) is 0.311. The molecule has 2 N–H and O–H groups in total. The lowest BCUT2D eigenvalue weighted by Gasteiger charge is -2.10. The second kappa shape index (κ2) is 9.37. The lowest BCUT2D eigenvalue weighted by atomic mass is 10.1. The van der Waals surface area contributed by atoms with Crippen molar-refractivity contribution < 1.29 is 14.5 Å². The van der Waals surface area contributed by atoms with Gasteiger partial charge < -0.3 is 5.32 Å². The molecule has 33 heavy (non-hydrogen) atoms. The highest BCUT2D eigenvalue weighted by atomic mass is 32.1. The topological polar surface area (TPSA) is 127 Å². The number of carbonyl (C=O) groups is 2. The molecule has 164 valence electrons. The van der Waals surface area contributed by atoms with Gasteiger partial charge in [0.15, 0.2) is 0 Å². The van der Waals surface area contributed by atoms with Crippen molar-refractivity contribution in [3.63, 3.8) is 0 Å². The molecular weight excluding hydrogens is 442 g/mol. The number of aromatic nitrogens is 2. The van der Waals surface area contributed by atoms with E-state index in [0.29, 0.717) is 21.8 Å². The number of nitro benzene ring substituents is 1. The lowest BCUT2D eigenvalue weighted by Crippen LogP contribution is -2.18. The molecule has 0 aliphatic rings. The molecule has 0 aliphatic heterocycles. The molecule has 4 aromatic rings. The summed E-state index contributed by atoms with van der Waals surface area (Å²) in [5, 5.41) is 25.0. The smallest absolute Gasteiger partial charge is 0.269 e. The summed E-state index contributed by atoms with van der Waals surface area (Å²) in [6.07, 6.45) is 0. The van der Waals surface area contributed by atoms with Crippen LogP contribution < -0.4 is 10.6 Å². The zero-order valence-electron chi connectivity index (χ0n) is 17.3. The summed E-state index contributed by atoms with van der Waals surface area (Å²) < 4.78 is 0. The van der Waals surface area contributed by atoms with Gasteiger partial charge in [-0.25, -0.2) is 0 Å². The molecule has 1 aromatic heterocycles. The number of carbonyl (C=O) groups excluding carboxylic acids is 2. The average molecular weight is 459 g/mol. The molecule has 0 bridgehead atoms. The maximum atomic E-state index is 12.9. The van der Waals surface area contributed by atoms with Crippen LogP contribution in [-0.4, -0.2) is 26.9 Å². The third kappa shape index (κ3) is 5.08. The Morgan fingerprint density at radius 2 is 1.58 bits per heavy atom. The number of aryl methyl sites for hydroxylation is 1. The van der Waals surface area contributed by atoms with E-state index in [1.165, 1.54) is 12.1 Å². The van der Waals surface area contributed by atoms with Gasteiger partial charge in [0.25, 0.3) is 17.5 Å². The molecule has 0 radical (unpaired) electrons. The van der Waals surface area contributed by atoms with Crippen LogP contribution in [0.4, 0.5) is 16.5 Å². The number of nitrogens with zero attached hydrogens (tertiary/aromatic N) is 3. The average Bonchev–Trinajstić information content (AvgIpc) is 3.28. The first-order chi connectivity index (χ1) is 15.9. The maximum Gasteiger partial charge on any atom is 0.269 e. The van der Waals surface area contributed by atoms with Gasteiger partial charge in [-0.2, -0.15) is 0 Å². The highest BCUT2D eigenvalue weighted by molar-refractivity contribution is 7.18. The van der Waals surface area contributed by atoms with E-state index in [1.807, 2.05) is 19.1 Å². The van der Waals surface area contributed by atoms with Gasteiger partial charge >= 0.3 is 0 Å². The van der Waals surface area contributed by atoms with Crippen LogP contribution in [0.3, 0.4) is 0 Å². The molecule has 3 aromatic carbocycles. The van der Waals surface area contributed by atoms with Crippen LogP contribution in [0, 0.1) is 17.0 Å². The van der Waals surface area contributed by atoms with Crippen molar-refractivity contribution in [1.29, 1.82) is 0 Å². The molecule has 0 saturated heterocycles. The highest BCUT2D eigenvalue weighted by Crippen LogP contribution is 2.28. The molecule has 0 unspecified atom stereocenters. The number of benzene rings is 3. The number of hydrogen-bond donors (Lipinski definition) is 2. The molecule has 4 rings (SSSR count). The monoisotopic (exact) mass is 459 g/mol. The number of rotatable bonds is 6. The third-order valence-electron chi connectivity index (χ3n) is 4.70. The van der Waals surface area contributed by atoms with Crippen molar-refractivity contribution in [3.05, 3.63) is 99.6 Å². The van der Waals surface area contributed by atoms with Crippen molar-refractivity contribution in [2.45, 2.75) is 6.92 Å². The summed E-state index contributed by atoms with van der Waals surface area (Å²) >= 11 is 1.13. The molecular formula is C23H17N5O4S. The SMILES string of the molecule is Cc1ccc(C(=O)Nc2ccccc2C(=O)Nc2nnc(-c3ccc([N+](=O)[O-])cc3)s2)cc1. The second-order valence-electron chi connectivity index (χ2n) is 7.04. The van der Waals surface area contributed by atoms with Crippen LogP contribution in [0.15, 0.2) is 72.8 Å². The van der Waals surface area contributed by atoms with E-state index >= 15 is 0 Å². The van der Waals surface area contributed by atoms with Crippen LogP contribution in [-0.2, 0) is 0 Å². The standard InChI is InChI=1S/C23H17N5O4S/c1-14-6-8-15(9-7-14)20(29)24-19-5-3-2-4-18(19)21(30)25-23-27-26-22(33-23)16-10-12-17(13-11-16)28(31)32/h2-13H,1H3,(H,24,29)(H,25,27,30). The molecule has 0 fully saturated rings. The number of para-hydroxylation sites is 1. The van der Waals surface area contributed by atoms with Gasteiger partial charge in [-0.05, 0) is 43.3 Å². The Morgan fingerprint density at radius 1 is 0.879 bits per heavy atom. The van der Waals surface area contributed by atoms with E-state index in [0.717, 1.165) is 16.9 Å². The summed E-state index contributed by atoms with van der Waals surface area (Å²) in [5.74, 6) is -0.784. The minimum Gasteiger partial charge on any atom is -0.321 e. The second-order valence-corrected chi connectivity index (χ2v) is 8.01. The van der Waals surface area contributed by atoms with Crippen molar-refractivity contribution in [1.82, 2.24) is 10.2 Å². The number of non-ortho nitro benzene ring substituents is 1. The fraction of sp³-hybridized carbons (Fsp3) is 0.0435. The van der Waals surface area contributed by atoms with E-state index in [1.54, 1.807) is 48.5 Å². The van der Waals surface area contributed by atoms with Crippen molar-refractivity contribution in [3.8, 4) is 10.6 Å². The van der Waals surface area contributed by atoms with Gasteiger partial charge in [0.1, 0.15) is 5.01 Å². The summed E-state index contributed by atoms with van der Waals surface area (Å²) in [5.41, 5.74) is 2.76. The Kier molecular flexibility index (Phi) is 6.18. The molecule has 1 heterocycles. The van der Waals surface area contributed by atoms with Gasteiger partial charge in [0.05, 0.1) is 16.2 Å². The van der Waals surface area contributed by atoms with Gasteiger partial charge in [0, 0.05) is 23.3 Å².